The highest BCUT2D eigenvalue weighted by Crippen LogP contribution is 2.13. The van der Waals surface area contributed by atoms with Gasteiger partial charge in [0.25, 0.3) is 0 Å². The molecule has 0 bridgehead atoms. The summed E-state index contributed by atoms with van der Waals surface area (Å²) in [6.07, 6.45) is 1.66. The van der Waals surface area contributed by atoms with Crippen LogP contribution in [0.25, 0.3) is 0 Å². The summed E-state index contributed by atoms with van der Waals surface area (Å²) in [5.74, 6) is 0.384. The number of ether oxygens (including phenoxy) is 2. The van der Waals surface area contributed by atoms with Gasteiger partial charge in [-0.25, -0.2) is 9.78 Å². The molecular formula is C15H23N3O3. The van der Waals surface area contributed by atoms with E-state index in [1.165, 1.54) is 6.20 Å². The number of carbonyl (C=O) groups excluding carboxylic acids is 1. The van der Waals surface area contributed by atoms with Gasteiger partial charge in [-0.15, -0.1) is 0 Å². The van der Waals surface area contributed by atoms with Gasteiger partial charge in [-0.2, -0.15) is 0 Å². The fraction of sp³-hybridized carbons (Fsp3) is 0.600. The van der Waals surface area contributed by atoms with Crippen molar-refractivity contribution in [1.82, 2.24) is 9.88 Å². The first kappa shape index (κ1) is 15.7. The number of pyridine rings is 1. The average Bonchev–Trinajstić information content (AvgIpc) is 2.48. The minimum Gasteiger partial charge on any atom is -0.462 e. The molecule has 6 heteroatoms. The van der Waals surface area contributed by atoms with Gasteiger partial charge in [-0.3, -0.25) is 0 Å². The van der Waals surface area contributed by atoms with Crippen LogP contribution in [0.4, 0.5) is 5.82 Å². The third-order valence-electron chi connectivity index (χ3n) is 3.50. The molecule has 2 rings (SSSR count). The Kier molecular flexibility index (Phi) is 5.52. The Morgan fingerprint density at radius 1 is 1.62 bits per heavy atom. The first-order valence-electron chi connectivity index (χ1n) is 7.30. The summed E-state index contributed by atoms with van der Waals surface area (Å²) in [5.41, 5.74) is 0.462. The summed E-state index contributed by atoms with van der Waals surface area (Å²) in [7, 11) is 2.09. The lowest BCUT2D eigenvalue weighted by atomic mass is 10.1. The first-order valence-corrected chi connectivity index (χ1v) is 7.30. The van der Waals surface area contributed by atoms with Crippen molar-refractivity contribution in [3.05, 3.63) is 23.9 Å². The smallest absolute Gasteiger partial charge is 0.339 e. The molecule has 6 nitrogen and oxygen atoms in total. The summed E-state index contributed by atoms with van der Waals surface area (Å²) in [5, 5.41) is 3.32. The first-order chi connectivity index (χ1) is 10.1. The Balaban J connectivity index is 1.91. The molecule has 1 aromatic heterocycles. The fourth-order valence-electron chi connectivity index (χ4n) is 2.25. The van der Waals surface area contributed by atoms with Gasteiger partial charge in [0, 0.05) is 19.3 Å². The molecule has 1 saturated heterocycles. The molecule has 1 aromatic rings. The molecular weight excluding hydrogens is 270 g/mol. The van der Waals surface area contributed by atoms with Gasteiger partial charge in [0.05, 0.1) is 30.9 Å². The Morgan fingerprint density at radius 3 is 3.05 bits per heavy atom. The lowest BCUT2D eigenvalue weighted by molar-refractivity contribution is -0.0260. The monoisotopic (exact) mass is 293 g/mol. The van der Waals surface area contributed by atoms with E-state index >= 15 is 0 Å². The Hall–Kier alpha value is -1.66. The van der Waals surface area contributed by atoms with Crippen molar-refractivity contribution in [3.63, 3.8) is 0 Å². The Bertz CT molecular complexity index is 464. The zero-order chi connectivity index (χ0) is 15.2. The second-order valence-electron chi connectivity index (χ2n) is 5.26. The topological polar surface area (TPSA) is 63.7 Å². The molecule has 2 atom stereocenters. The fourth-order valence-corrected chi connectivity index (χ4v) is 2.25. The van der Waals surface area contributed by atoms with Gasteiger partial charge in [-0.1, -0.05) is 0 Å². The molecule has 2 heterocycles. The van der Waals surface area contributed by atoms with Crippen molar-refractivity contribution in [1.29, 1.82) is 0 Å². The summed E-state index contributed by atoms with van der Waals surface area (Å²) in [6, 6.07) is 3.65. The number of nitrogens with one attached hydrogen (secondary N) is 1. The quantitative estimate of drug-likeness (QED) is 0.828. The van der Waals surface area contributed by atoms with E-state index in [1.807, 2.05) is 0 Å². The molecule has 116 valence electrons. The minimum atomic E-state index is -0.346. The van der Waals surface area contributed by atoms with E-state index in [0.29, 0.717) is 12.2 Å². The van der Waals surface area contributed by atoms with Crippen molar-refractivity contribution in [3.8, 4) is 0 Å². The molecule has 1 aliphatic heterocycles. The standard InChI is InChI=1S/C15H23N3O3/c1-4-20-15(19)12-5-6-14(16-9-12)17-11(2)13-10-18(3)7-8-21-13/h5-6,9,11,13H,4,7-8,10H2,1-3H3,(H,16,17). The van der Waals surface area contributed by atoms with E-state index in [4.69, 9.17) is 9.47 Å². The highest BCUT2D eigenvalue weighted by molar-refractivity contribution is 5.89. The van der Waals surface area contributed by atoms with Crippen molar-refractivity contribution in [2.24, 2.45) is 0 Å². The number of morpholine rings is 1. The molecule has 0 aliphatic carbocycles. The number of hydrogen-bond donors (Lipinski definition) is 1. The number of rotatable bonds is 5. The minimum absolute atomic E-state index is 0.135. The highest BCUT2D eigenvalue weighted by Gasteiger charge is 2.23. The van der Waals surface area contributed by atoms with Gasteiger partial charge in [0.1, 0.15) is 5.82 Å². The molecule has 1 fully saturated rings. The number of hydrogen-bond acceptors (Lipinski definition) is 6. The number of anilines is 1. The normalized spacial score (nSPS) is 20.8. The van der Waals surface area contributed by atoms with Crippen molar-refractivity contribution < 1.29 is 14.3 Å². The van der Waals surface area contributed by atoms with Crippen LogP contribution in [0.3, 0.4) is 0 Å². The predicted molar refractivity (Wildman–Crippen MR) is 80.5 cm³/mol. The van der Waals surface area contributed by atoms with Crippen molar-refractivity contribution in [2.45, 2.75) is 26.0 Å². The number of likely N-dealkylation sites (N-methyl/N-ethyl adjacent to an activating group) is 1. The molecule has 0 saturated carbocycles. The Morgan fingerprint density at radius 2 is 2.43 bits per heavy atom. The summed E-state index contributed by atoms with van der Waals surface area (Å²) in [6.45, 7) is 6.84. The predicted octanol–water partition coefficient (Wildman–Crippen LogP) is 1.39. The summed E-state index contributed by atoms with van der Waals surface area (Å²) < 4.78 is 10.7. The van der Waals surface area contributed by atoms with E-state index < -0.39 is 0 Å². The maximum Gasteiger partial charge on any atom is 0.339 e. The van der Waals surface area contributed by atoms with Crippen LogP contribution >= 0.6 is 0 Å². The number of aromatic nitrogens is 1. The van der Waals surface area contributed by atoms with E-state index in [1.54, 1.807) is 19.1 Å². The highest BCUT2D eigenvalue weighted by atomic mass is 16.5. The van der Waals surface area contributed by atoms with Crippen LogP contribution in [0.1, 0.15) is 24.2 Å². The van der Waals surface area contributed by atoms with Crippen LogP contribution in [-0.2, 0) is 9.47 Å². The summed E-state index contributed by atoms with van der Waals surface area (Å²) in [4.78, 5) is 18.1. The van der Waals surface area contributed by atoms with E-state index in [9.17, 15) is 4.79 Å². The van der Waals surface area contributed by atoms with Gasteiger partial charge >= 0.3 is 5.97 Å². The lowest BCUT2D eigenvalue weighted by Gasteiger charge is -2.34. The molecule has 21 heavy (non-hydrogen) atoms. The van der Waals surface area contributed by atoms with Crippen LogP contribution in [0, 0.1) is 0 Å². The number of nitrogens with zero attached hydrogens (tertiary/aromatic N) is 2. The molecule has 0 aromatic carbocycles. The molecule has 0 amide bonds. The van der Waals surface area contributed by atoms with Crippen LogP contribution in [0.5, 0.6) is 0 Å². The van der Waals surface area contributed by atoms with Crippen LogP contribution in [0.15, 0.2) is 18.3 Å². The lowest BCUT2D eigenvalue weighted by Crippen LogP contribution is -2.47. The van der Waals surface area contributed by atoms with Gasteiger partial charge in [-0.05, 0) is 33.0 Å². The largest absolute Gasteiger partial charge is 0.462 e. The second kappa shape index (κ2) is 7.38. The molecule has 2 unspecified atom stereocenters. The maximum atomic E-state index is 11.6. The second-order valence-corrected chi connectivity index (χ2v) is 5.26. The maximum absolute atomic E-state index is 11.6. The van der Waals surface area contributed by atoms with Crippen molar-refractivity contribution >= 4 is 11.8 Å². The summed E-state index contributed by atoms with van der Waals surface area (Å²) >= 11 is 0. The zero-order valence-electron chi connectivity index (χ0n) is 12.8. The molecule has 1 N–H and O–H groups in total. The molecule has 1 aliphatic rings. The van der Waals surface area contributed by atoms with Crippen molar-refractivity contribution in [2.75, 3.05) is 38.7 Å². The Labute approximate surface area is 125 Å². The zero-order valence-corrected chi connectivity index (χ0v) is 12.8. The van der Waals surface area contributed by atoms with E-state index in [-0.39, 0.29) is 18.1 Å². The third kappa shape index (κ3) is 4.41. The SMILES string of the molecule is CCOC(=O)c1ccc(NC(C)C2CN(C)CCO2)nc1. The van der Waals surface area contributed by atoms with E-state index in [0.717, 1.165) is 25.5 Å². The van der Waals surface area contributed by atoms with Gasteiger partial charge in [0.2, 0.25) is 0 Å². The molecule has 0 spiro atoms. The number of carbonyl (C=O) groups is 1. The van der Waals surface area contributed by atoms with E-state index in [2.05, 4.69) is 29.2 Å². The average molecular weight is 293 g/mol. The van der Waals surface area contributed by atoms with Gasteiger partial charge in [0.15, 0.2) is 0 Å². The van der Waals surface area contributed by atoms with Gasteiger partial charge < -0.3 is 19.7 Å². The third-order valence-corrected chi connectivity index (χ3v) is 3.50. The van der Waals surface area contributed by atoms with Crippen LogP contribution in [0.2, 0.25) is 0 Å². The number of esters is 1. The van der Waals surface area contributed by atoms with Crippen LogP contribution < -0.4 is 5.32 Å². The molecule has 0 radical (unpaired) electrons. The van der Waals surface area contributed by atoms with Crippen LogP contribution in [-0.4, -0.2) is 61.3 Å².